The maximum absolute atomic E-state index is 13.0. The molecule has 0 aliphatic heterocycles. The Hall–Kier alpha value is 0.650. The van der Waals surface area contributed by atoms with Crippen molar-refractivity contribution in [3.05, 3.63) is 21.1 Å². The van der Waals surface area contributed by atoms with Crippen molar-refractivity contribution >= 4 is 24.8 Å². The molecular weight excluding hydrogens is 433 g/mol. The Labute approximate surface area is 119 Å². The molecule has 0 saturated heterocycles. The summed E-state index contributed by atoms with van der Waals surface area (Å²) in [5.41, 5.74) is 0.701. The minimum atomic E-state index is -3.23. The molecule has 0 fully saturated rings. The van der Waals surface area contributed by atoms with Crippen LogP contribution in [0, 0.1) is 0 Å². The van der Waals surface area contributed by atoms with E-state index in [0.717, 1.165) is 34.1 Å². The monoisotopic (exact) mass is 445 g/mol. The van der Waals surface area contributed by atoms with Crippen LogP contribution in [0.2, 0.25) is 0 Å². The number of alkyl halides is 4. The molecule has 93 valence electrons. The van der Waals surface area contributed by atoms with Gasteiger partial charge in [0, 0.05) is 0 Å². The molecule has 0 aromatic heterocycles. The summed E-state index contributed by atoms with van der Waals surface area (Å²) in [6.45, 7) is 0. The van der Waals surface area contributed by atoms with E-state index in [9.17, 15) is 17.6 Å². The van der Waals surface area contributed by atoms with Crippen LogP contribution >= 0.6 is 24.8 Å². The molecule has 1 rings (SSSR count). The van der Waals surface area contributed by atoms with Crippen molar-refractivity contribution in [1.82, 2.24) is 0 Å². The molecule has 0 N–H and O–H groups in total. The van der Waals surface area contributed by atoms with Gasteiger partial charge < -0.3 is 0 Å². The molecule has 0 saturated carbocycles. The first-order valence-corrected chi connectivity index (χ1v) is 5.98. The van der Waals surface area contributed by atoms with Gasteiger partial charge in [-0.3, -0.25) is 0 Å². The average molecular weight is 445 g/mol. The van der Waals surface area contributed by atoms with E-state index in [1.807, 2.05) is 6.08 Å². The van der Waals surface area contributed by atoms with Crippen molar-refractivity contribution in [3.63, 3.8) is 0 Å². The summed E-state index contributed by atoms with van der Waals surface area (Å²) in [4.78, 5) is 0. The van der Waals surface area contributed by atoms with Crippen LogP contribution in [0.25, 0.3) is 0 Å². The third-order valence-electron chi connectivity index (χ3n) is 2.03. The van der Waals surface area contributed by atoms with Gasteiger partial charge >= 0.3 is 94.6 Å². The molecule has 7 heteroatoms. The molecule has 0 amide bonds. The molecule has 16 heavy (non-hydrogen) atoms. The Kier molecular flexibility index (Phi) is 10.3. The van der Waals surface area contributed by atoms with E-state index in [-0.39, 0.29) is 31.2 Å². The first-order valence-electron chi connectivity index (χ1n) is 4.19. The van der Waals surface area contributed by atoms with E-state index >= 15 is 0 Å². The number of hydrogen-bond donors (Lipinski definition) is 0. The first-order chi connectivity index (χ1) is 6.52. The third kappa shape index (κ3) is 5.32. The van der Waals surface area contributed by atoms with Gasteiger partial charge in [0.25, 0.3) is 0 Å². The fourth-order valence-electron chi connectivity index (χ4n) is 1.22. The van der Waals surface area contributed by atoms with Crippen LogP contribution in [-0.2, 0) is 24.4 Å². The summed E-state index contributed by atoms with van der Waals surface area (Å²) in [5, 5.41) is 0. The number of allylic oxidation sites excluding steroid dienone is 4. The molecule has 0 radical (unpaired) electrons. The molecule has 0 bridgehead atoms. The second kappa shape index (κ2) is 8.70. The minimum absolute atomic E-state index is 0. The van der Waals surface area contributed by atoms with Gasteiger partial charge in [0.2, 0.25) is 0 Å². The topological polar surface area (TPSA) is 0 Å². The van der Waals surface area contributed by atoms with Gasteiger partial charge in [0.05, 0.1) is 0 Å². The van der Waals surface area contributed by atoms with Crippen LogP contribution in [0.4, 0.5) is 17.6 Å². The zero-order chi connectivity index (χ0) is 10.7. The Morgan fingerprint density at radius 3 is 2.12 bits per heavy atom. The van der Waals surface area contributed by atoms with Gasteiger partial charge in [0.1, 0.15) is 0 Å². The van der Waals surface area contributed by atoms with Crippen LogP contribution < -0.4 is 0 Å². The quantitative estimate of drug-likeness (QED) is 0.456. The molecule has 0 heterocycles. The van der Waals surface area contributed by atoms with Gasteiger partial charge in [-0.15, -0.1) is 24.8 Å². The zero-order valence-electron chi connectivity index (χ0n) is 8.13. The second-order valence-corrected chi connectivity index (χ2v) is 5.28. The first kappa shape index (κ1) is 19.0. The predicted octanol–water partition coefficient (Wildman–Crippen LogP) is 3.92. The van der Waals surface area contributed by atoms with E-state index in [0.29, 0.717) is 5.57 Å². The normalized spacial score (nSPS) is 18.0. The summed E-state index contributed by atoms with van der Waals surface area (Å²) < 4.78 is 50.2. The van der Waals surface area contributed by atoms with Gasteiger partial charge in [-0.05, 0) is 0 Å². The number of halogens is 6. The fourth-order valence-corrected chi connectivity index (χ4v) is 2.31. The Morgan fingerprint density at radius 2 is 1.75 bits per heavy atom. The van der Waals surface area contributed by atoms with Crippen molar-refractivity contribution in [2.24, 2.45) is 0 Å². The molecule has 0 spiro atoms. The van der Waals surface area contributed by atoms with E-state index in [2.05, 4.69) is 0 Å². The molecule has 1 aliphatic carbocycles. The third-order valence-corrected chi connectivity index (χ3v) is 3.92. The van der Waals surface area contributed by atoms with Crippen molar-refractivity contribution in [2.75, 3.05) is 0 Å². The summed E-state index contributed by atoms with van der Waals surface area (Å²) in [6.07, 6.45) is -3.88. The fraction of sp³-hybridized carbons (Fsp3) is 0.556. The molecule has 0 nitrogen and oxygen atoms in total. The van der Waals surface area contributed by atoms with Gasteiger partial charge in [-0.2, -0.15) is 0 Å². The van der Waals surface area contributed by atoms with Gasteiger partial charge in [-0.25, -0.2) is 0 Å². The molecular formula is C9H11Cl2F4Hf. The molecule has 0 aromatic rings. The molecule has 0 aromatic carbocycles. The van der Waals surface area contributed by atoms with Crippen LogP contribution in [0.1, 0.15) is 12.8 Å². The maximum atomic E-state index is 13.0. The Bertz CT molecular complexity index is 268. The standard InChI is InChI=1S/C9H9F4.2ClH.Hf/c10-7(8(11)9(12)13)5-6-3-1-2-4-6;;;/h1,3,7-9H,2,5H2;2*1H;. The number of rotatable bonds is 4. The van der Waals surface area contributed by atoms with Crippen molar-refractivity contribution < 1.29 is 41.9 Å². The van der Waals surface area contributed by atoms with E-state index in [4.69, 9.17) is 0 Å². The SMILES string of the molecule is Cl.Cl.FC(F)C(F)C(F)CC1=[C]([Hf])CC=C1. The Morgan fingerprint density at radius 1 is 1.19 bits per heavy atom. The van der Waals surface area contributed by atoms with Crippen LogP contribution in [-0.4, -0.2) is 18.8 Å². The molecule has 1 aliphatic rings. The summed E-state index contributed by atoms with van der Waals surface area (Å²) >= 11 is 0.774. The van der Waals surface area contributed by atoms with E-state index in [1.165, 1.54) is 0 Å². The van der Waals surface area contributed by atoms with Crippen molar-refractivity contribution in [3.8, 4) is 0 Å². The zero-order valence-corrected chi connectivity index (χ0v) is 13.4. The predicted molar refractivity (Wildman–Crippen MR) is 55.7 cm³/mol. The summed E-state index contributed by atoms with van der Waals surface area (Å²) in [5.74, 6) is 0. The van der Waals surface area contributed by atoms with Gasteiger partial charge in [-0.1, -0.05) is 0 Å². The molecule has 2 unspecified atom stereocenters. The van der Waals surface area contributed by atoms with Gasteiger partial charge in [0.15, 0.2) is 0 Å². The molecule has 2 atom stereocenters. The van der Waals surface area contributed by atoms with Crippen LogP contribution in [0.5, 0.6) is 0 Å². The Balaban J connectivity index is 0. The number of hydrogen-bond acceptors (Lipinski definition) is 0. The summed E-state index contributed by atoms with van der Waals surface area (Å²) in [6, 6.07) is 0. The van der Waals surface area contributed by atoms with E-state index < -0.39 is 18.8 Å². The summed E-state index contributed by atoms with van der Waals surface area (Å²) in [7, 11) is 0. The van der Waals surface area contributed by atoms with Crippen LogP contribution in [0.15, 0.2) is 21.1 Å². The van der Waals surface area contributed by atoms with E-state index in [1.54, 1.807) is 6.08 Å². The second-order valence-electron chi connectivity index (χ2n) is 3.11. The van der Waals surface area contributed by atoms with Crippen LogP contribution in [0.3, 0.4) is 0 Å². The average Bonchev–Trinajstić information content (AvgIpc) is 2.50. The van der Waals surface area contributed by atoms with Crippen molar-refractivity contribution in [1.29, 1.82) is 0 Å². The van der Waals surface area contributed by atoms with Crippen molar-refractivity contribution in [2.45, 2.75) is 31.6 Å².